The van der Waals surface area contributed by atoms with Gasteiger partial charge in [-0.1, -0.05) is 11.6 Å². The molecule has 8 heterocycles. The number of methoxy groups -OCH3 is 2. The van der Waals surface area contributed by atoms with Crippen LogP contribution in [0.15, 0.2) is 83.8 Å². The van der Waals surface area contributed by atoms with Gasteiger partial charge in [-0.05, 0) is 36.7 Å². The predicted molar refractivity (Wildman–Crippen MR) is 175 cm³/mol. The first-order chi connectivity index (χ1) is 22.2. The van der Waals surface area contributed by atoms with Gasteiger partial charge in [0.05, 0.1) is 20.4 Å². The highest BCUT2D eigenvalue weighted by Crippen LogP contribution is 2.19. The highest BCUT2D eigenvalue weighted by Gasteiger charge is 2.06. The zero-order valence-corrected chi connectivity index (χ0v) is 27.7. The number of hydrogen-bond acceptors (Lipinski definition) is 10. The summed E-state index contributed by atoms with van der Waals surface area (Å²) in [4.78, 5) is 41.9. The first kappa shape index (κ1) is 32.1. The molecular weight excluding hydrogens is 680 g/mol. The lowest BCUT2D eigenvalue weighted by Gasteiger charge is -1.99. The molecule has 46 heavy (non-hydrogen) atoms. The standard InChI is InChI=1S/C8H9N3O.C7H6BrN3O.C7H6ClN3.C7H7N3O/c1-6-5-10-7-8(12-2)9-3-4-11(6)7;1-12-7-6-10-4-5(8)11(6)3-2-9-7;1-5-4-10-7-6(8)9-2-3-11(5)7;1-5-4-9-6-7(11)8-2-3-10(5)6/h3-5H,1-2H3;2-4H,1H3;2-4H,1H3;2-4H,1H3,(H,8,11). The zero-order chi connectivity index (χ0) is 32.8. The maximum absolute atomic E-state index is 11.1. The second kappa shape index (κ2) is 14.2. The molecule has 0 radical (unpaired) electrons. The van der Waals surface area contributed by atoms with Gasteiger partial charge in [0.2, 0.25) is 16.9 Å². The van der Waals surface area contributed by atoms with E-state index in [9.17, 15) is 4.79 Å². The number of aryl methyl sites for hydroxylation is 3. The van der Waals surface area contributed by atoms with E-state index in [4.69, 9.17) is 21.1 Å². The largest absolute Gasteiger partial charge is 0.478 e. The Labute approximate surface area is 274 Å². The van der Waals surface area contributed by atoms with Crippen molar-refractivity contribution in [3.63, 3.8) is 0 Å². The molecule has 0 saturated carbocycles. The van der Waals surface area contributed by atoms with Gasteiger partial charge in [-0.3, -0.25) is 18.0 Å². The van der Waals surface area contributed by atoms with Gasteiger partial charge < -0.3 is 18.9 Å². The van der Waals surface area contributed by atoms with Crippen molar-refractivity contribution in [3.05, 3.63) is 112 Å². The molecule has 0 saturated heterocycles. The van der Waals surface area contributed by atoms with E-state index in [-0.39, 0.29) is 5.56 Å². The minimum Gasteiger partial charge on any atom is -0.478 e. The number of ether oxygens (including phenoxy) is 2. The molecule has 0 aliphatic carbocycles. The number of halogens is 2. The molecule has 1 N–H and O–H groups in total. The molecule has 17 heteroatoms. The SMILES string of the molecule is COc1nccn2c(Br)cnc12.COc1nccn2c(C)cnc12.Cc1cnc2c(=O)[nH]ccn12.Cc1cnc2c(Cl)nccn12. The number of rotatable bonds is 2. The highest BCUT2D eigenvalue weighted by molar-refractivity contribution is 9.10. The molecule has 0 aromatic carbocycles. The van der Waals surface area contributed by atoms with Crippen LogP contribution in [0, 0.1) is 20.8 Å². The average Bonchev–Trinajstić information content (AvgIpc) is 3.86. The van der Waals surface area contributed by atoms with Crippen molar-refractivity contribution in [2.45, 2.75) is 20.8 Å². The second-order valence-electron chi connectivity index (χ2n) is 9.43. The van der Waals surface area contributed by atoms with Crippen molar-refractivity contribution in [3.8, 4) is 11.8 Å². The van der Waals surface area contributed by atoms with Crippen molar-refractivity contribution >= 4 is 50.1 Å². The smallest absolute Gasteiger partial charge is 0.291 e. The summed E-state index contributed by atoms with van der Waals surface area (Å²) >= 11 is 9.12. The van der Waals surface area contributed by atoms with Crippen molar-refractivity contribution in [2.24, 2.45) is 0 Å². The minimum absolute atomic E-state index is 0.152. The van der Waals surface area contributed by atoms with Gasteiger partial charge in [0, 0.05) is 85.2 Å². The lowest BCUT2D eigenvalue weighted by Crippen LogP contribution is -2.08. The average molecular weight is 708 g/mol. The molecule has 0 bridgehead atoms. The summed E-state index contributed by atoms with van der Waals surface area (Å²) in [6.45, 7) is 5.86. The lowest BCUT2D eigenvalue weighted by atomic mass is 10.5. The summed E-state index contributed by atoms with van der Waals surface area (Å²) in [5.41, 5.74) is 5.59. The van der Waals surface area contributed by atoms with Gasteiger partial charge in [-0.15, -0.1) is 0 Å². The molecule has 0 atom stereocenters. The summed E-state index contributed by atoms with van der Waals surface area (Å²) in [7, 11) is 3.16. The van der Waals surface area contributed by atoms with Gasteiger partial charge in [0.1, 0.15) is 4.60 Å². The Hall–Kier alpha value is -5.35. The fourth-order valence-corrected chi connectivity index (χ4v) is 4.82. The molecule has 8 rings (SSSR count). The van der Waals surface area contributed by atoms with E-state index in [0.29, 0.717) is 33.9 Å². The molecule has 0 spiro atoms. The molecule has 8 aromatic heterocycles. The number of fused-ring (bicyclic) bond motifs is 4. The number of nitrogens with zero attached hydrogens (tertiary/aromatic N) is 11. The third-order valence-electron chi connectivity index (χ3n) is 6.51. The van der Waals surface area contributed by atoms with Crippen molar-refractivity contribution in [1.82, 2.24) is 57.5 Å². The first-order valence-electron chi connectivity index (χ1n) is 13.5. The quantitative estimate of drug-likeness (QED) is 0.270. The minimum atomic E-state index is -0.152. The Morgan fingerprint density at radius 1 is 0.630 bits per heavy atom. The molecule has 0 aliphatic rings. The summed E-state index contributed by atoms with van der Waals surface area (Å²) in [6, 6.07) is 0. The molecule has 8 aromatic rings. The third-order valence-corrected chi connectivity index (χ3v) is 7.36. The Balaban J connectivity index is 0.000000121. The highest BCUT2D eigenvalue weighted by atomic mass is 79.9. The molecule has 15 nitrogen and oxygen atoms in total. The van der Waals surface area contributed by atoms with E-state index < -0.39 is 0 Å². The Kier molecular flexibility index (Phi) is 9.88. The van der Waals surface area contributed by atoms with Crippen LogP contribution in [0.3, 0.4) is 0 Å². The van der Waals surface area contributed by atoms with Gasteiger partial charge in [-0.2, -0.15) is 0 Å². The molecule has 0 aliphatic heterocycles. The summed E-state index contributed by atoms with van der Waals surface area (Å²) < 4.78 is 18.4. The van der Waals surface area contributed by atoms with Crippen LogP contribution in [0.4, 0.5) is 0 Å². The Morgan fingerprint density at radius 3 is 1.65 bits per heavy atom. The summed E-state index contributed by atoms with van der Waals surface area (Å²) in [5, 5.41) is 0.445. The number of nitrogens with one attached hydrogen (secondary N) is 1. The summed E-state index contributed by atoms with van der Waals surface area (Å²) in [5.74, 6) is 1.09. The van der Waals surface area contributed by atoms with E-state index in [1.807, 2.05) is 52.6 Å². The van der Waals surface area contributed by atoms with Gasteiger partial charge in [0.25, 0.3) is 17.3 Å². The second-order valence-corrected chi connectivity index (χ2v) is 10.6. The van der Waals surface area contributed by atoms with Crippen molar-refractivity contribution in [2.75, 3.05) is 14.2 Å². The van der Waals surface area contributed by atoms with Crippen LogP contribution >= 0.6 is 27.5 Å². The molecular formula is C29H28BrClN12O3. The van der Waals surface area contributed by atoms with Gasteiger partial charge >= 0.3 is 0 Å². The van der Waals surface area contributed by atoms with E-state index in [2.05, 4.69) is 55.8 Å². The van der Waals surface area contributed by atoms with Crippen LogP contribution < -0.4 is 15.0 Å². The Bertz CT molecular complexity index is 2230. The number of aromatic nitrogens is 12. The lowest BCUT2D eigenvalue weighted by molar-refractivity contribution is 0.400. The summed E-state index contributed by atoms with van der Waals surface area (Å²) in [6.07, 6.45) is 20.8. The van der Waals surface area contributed by atoms with Gasteiger partial charge in [0.15, 0.2) is 10.8 Å². The van der Waals surface area contributed by atoms with Crippen LogP contribution in [0.5, 0.6) is 11.8 Å². The van der Waals surface area contributed by atoms with E-state index in [0.717, 1.165) is 27.3 Å². The number of H-pyrrole nitrogens is 1. The maximum Gasteiger partial charge on any atom is 0.291 e. The third kappa shape index (κ3) is 6.67. The molecule has 236 valence electrons. The van der Waals surface area contributed by atoms with Crippen LogP contribution in [-0.2, 0) is 0 Å². The molecule has 0 fully saturated rings. The van der Waals surface area contributed by atoms with E-state index in [1.54, 1.807) is 74.4 Å². The predicted octanol–water partition coefficient (Wildman–Crippen LogP) is 4.57. The van der Waals surface area contributed by atoms with E-state index >= 15 is 0 Å². The Morgan fingerprint density at radius 2 is 1.09 bits per heavy atom. The van der Waals surface area contributed by atoms with Crippen LogP contribution in [-0.4, -0.2) is 71.7 Å². The van der Waals surface area contributed by atoms with Crippen molar-refractivity contribution < 1.29 is 9.47 Å². The number of hydrogen-bond donors (Lipinski definition) is 1. The topological polar surface area (TPSA) is 159 Å². The maximum atomic E-state index is 11.1. The normalized spacial score (nSPS) is 10.6. The van der Waals surface area contributed by atoms with Gasteiger partial charge in [-0.25, -0.2) is 34.9 Å². The first-order valence-corrected chi connectivity index (χ1v) is 14.7. The van der Waals surface area contributed by atoms with Crippen LogP contribution in [0.1, 0.15) is 17.1 Å². The van der Waals surface area contributed by atoms with Crippen LogP contribution in [0.25, 0.3) is 22.6 Å². The molecule has 0 unspecified atom stereocenters. The fraction of sp³-hybridized carbons (Fsp3) is 0.172. The fourth-order valence-electron chi connectivity index (χ4n) is 4.24. The number of aromatic amines is 1. The molecule has 0 amide bonds. The van der Waals surface area contributed by atoms with E-state index in [1.165, 1.54) is 0 Å². The van der Waals surface area contributed by atoms with Crippen LogP contribution in [0.2, 0.25) is 5.15 Å². The zero-order valence-electron chi connectivity index (χ0n) is 25.3. The van der Waals surface area contributed by atoms with Crippen molar-refractivity contribution in [1.29, 1.82) is 0 Å². The monoisotopic (exact) mass is 706 g/mol. The number of imidazole rings is 4.